The summed E-state index contributed by atoms with van der Waals surface area (Å²) in [5.41, 5.74) is 0.892. The Kier molecular flexibility index (Phi) is 5.11. The Morgan fingerprint density at radius 3 is 2.74 bits per heavy atom. The Bertz CT molecular complexity index is 590. The maximum Gasteiger partial charge on any atom is 0.137 e. The summed E-state index contributed by atoms with van der Waals surface area (Å²) in [7, 11) is 1.83. The van der Waals surface area contributed by atoms with Gasteiger partial charge in [0.2, 0.25) is 0 Å². The second-order valence-corrected chi connectivity index (χ2v) is 5.83. The third kappa shape index (κ3) is 3.63. The second kappa shape index (κ2) is 6.62. The predicted molar refractivity (Wildman–Crippen MR) is 79.7 cm³/mol. The van der Waals surface area contributed by atoms with E-state index in [4.69, 9.17) is 23.2 Å². The first-order valence-electron chi connectivity index (χ1n) is 5.66. The molecule has 0 aliphatic heterocycles. The molecule has 0 radical (unpaired) electrons. The lowest BCUT2D eigenvalue weighted by molar-refractivity contribution is 0.594. The van der Waals surface area contributed by atoms with Gasteiger partial charge in [0.05, 0.1) is 9.92 Å². The van der Waals surface area contributed by atoms with Gasteiger partial charge in [0.1, 0.15) is 5.82 Å². The van der Waals surface area contributed by atoms with Gasteiger partial charge in [0.15, 0.2) is 0 Å². The highest BCUT2D eigenvalue weighted by atomic mass is 35.5. The van der Waals surface area contributed by atoms with Gasteiger partial charge in [-0.25, -0.2) is 4.39 Å². The molecule has 1 nitrogen and oxygen atoms in total. The van der Waals surface area contributed by atoms with E-state index in [1.807, 2.05) is 13.1 Å². The van der Waals surface area contributed by atoms with Crippen molar-refractivity contribution in [1.82, 2.24) is 5.32 Å². The van der Waals surface area contributed by atoms with E-state index in [1.54, 1.807) is 24.3 Å². The van der Waals surface area contributed by atoms with Crippen molar-refractivity contribution in [2.75, 3.05) is 7.05 Å². The van der Waals surface area contributed by atoms with Gasteiger partial charge in [0.25, 0.3) is 0 Å². The molecule has 2 rings (SSSR count). The summed E-state index contributed by atoms with van der Waals surface area (Å²) in [6.07, 6.45) is 0. The summed E-state index contributed by atoms with van der Waals surface area (Å²) in [5.74, 6) is -0.256. The first kappa shape index (κ1) is 14.7. The summed E-state index contributed by atoms with van der Waals surface area (Å²) >= 11 is 13.3. The minimum absolute atomic E-state index is 0.256. The highest BCUT2D eigenvalue weighted by molar-refractivity contribution is 7.99. The molecule has 0 saturated heterocycles. The van der Waals surface area contributed by atoms with Crippen molar-refractivity contribution >= 4 is 35.0 Å². The summed E-state index contributed by atoms with van der Waals surface area (Å²) in [6, 6.07) is 10.2. The Labute approximate surface area is 126 Å². The van der Waals surface area contributed by atoms with Gasteiger partial charge in [-0.2, -0.15) is 0 Å². The van der Waals surface area contributed by atoms with Crippen LogP contribution in [0.5, 0.6) is 0 Å². The summed E-state index contributed by atoms with van der Waals surface area (Å²) in [4.78, 5) is 1.32. The monoisotopic (exact) mass is 315 g/mol. The number of halogens is 3. The molecule has 0 aliphatic carbocycles. The second-order valence-electron chi connectivity index (χ2n) is 3.94. The molecule has 2 aromatic rings. The van der Waals surface area contributed by atoms with Gasteiger partial charge >= 0.3 is 0 Å². The van der Waals surface area contributed by atoms with Gasteiger partial charge in [-0.3, -0.25) is 0 Å². The van der Waals surface area contributed by atoms with Crippen LogP contribution in [0.4, 0.5) is 4.39 Å². The Morgan fingerprint density at radius 1 is 1.21 bits per heavy atom. The molecular weight excluding hydrogens is 304 g/mol. The molecule has 0 unspecified atom stereocenters. The molecule has 100 valence electrons. The largest absolute Gasteiger partial charge is 0.316 e. The normalized spacial score (nSPS) is 10.7. The number of rotatable bonds is 4. The zero-order chi connectivity index (χ0) is 13.8. The van der Waals surface area contributed by atoms with Gasteiger partial charge in [-0.1, -0.05) is 47.1 Å². The lowest BCUT2D eigenvalue weighted by atomic mass is 10.2. The molecule has 0 saturated carbocycles. The SMILES string of the molecule is CNCc1cccc(F)c1Sc1cc(Cl)ccc1Cl. The lowest BCUT2D eigenvalue weighted by Gasteiger charge is -2.11. The van der Waals surface area contributed by atoms with E-state index in [0.717, 1.165) is 10.5 Å². The lowest BCUT2D eigenvalue weighted by Crippen LogP contribution is -2.06. The third-order valence-electron chi connectivity index (χ3n) is 2.52. The van der Waals surface area contributed by atoms with Crippen molar-refractivity contribution < 1.29 is 4.39 Å². The maximum absolute atomic E-state index is 14.0. The van der Waals surface area contributed by atoms with E-state index >= 15 is 0 Å². The van der Waals surface area contributed by atoms with Gasteiger partial charge < -0.3 is 5.32 Å². The Morgan fingerprint density at radius 2 is 2.00 bits per heavy atom. The fraction of sp³-hybridized carbons (Fsp3) is 0.143. The van der Waals surface area contributed by atoms with E-state index in [2.05, 4.69) is 5.32 Å². The molecule has 0 fully saturated rings. The first-order valence-corrected chi connectivity index (χ1v) is 7.24. The van der Waals surface area contributed by atoms with Crippen LogP contribution >= 0.6 is 35.0 Å². The van der Waals surface area contributed by atoms with E-state index in [0.29, 0.717) is 21.5 Å². The highest BCUT2D eigenvalue weighted by Crippen LogP contribution is 2.38. The average molecular weight is 316 g/mol. The van der Waals surface area contributed by atoms with Crippen LogP contribution in [0.25, 0.3) is 0 Å². The van der Waals surface area contributed by atoms with E-state index < -0.39 is 0 Å². The molecule has 1 N–H and O–H groups in total. The third-order valence-corrected chi connectivity index (χ3v) is 4.42. The summed E-state index contributed by atoms with van der Waals surface area (Å²) < 4.78 is 14.0. The Balaban J connectivity index is 2.39. The smallest absolute Gasteiger partial charge is 0.137 e. The molecule has 0 bridgehead atoms. The van der Waals surface area contributed by atoms with Crippen molar-refractivity contribution in [3.05, 3.63) is 57.8 Å². The molecular formula is C14H12Cl2FNS. The topological polar surface area (TPSA) is 12.0 Å². The van der Waals surface area contributed by atoms with Gasteiger partial charge in [-0.05, 0) is 36.9 Å². The molecule has 0 aliphatic rings. The molecule has 0 spiro atoms. The van der Waals surface area contributed by atoms with E-state index in [9.17, 15) is 4.39 Å². The van der Waals surface area contributed by atoms with E-state index in [-0.39, 0.29) is 5.82 Å². The summed E-state index contributed by atoms with van der Waals surface area (Å²) in [6.45, 7) is 0.596. The predicted octanol–water partition coefficient (Wildman–Crippen LogP) is 5.00. The molecule has 19 heavy (non-hydrogen) atoms. The zero-order valence-corrected chi connectivity index (χ0v) is 12.5. The van der Waals surface area contributed by atoms with Gasteiger partial charge in [0, 0.05) is 16.5 Å². The molecule has 0 atom stereocenters. The van der Waals surface area contributed by atoms with Gasteiger partial charge in [-0.15, -0.1) is 0 Å². The molecule has 0 aromatic heterocycles. The number of hydrogen-bond acceptors (Lipinski definition) is 2. The van der Waals surface area contributed by atoms with Crippen molar-refractivity contribution in [2.24, 2.45) is 0 Å². The number of hydrogen-bond donors (Lipinski definition) is 1. The van der Waals surface area contributed by atoms with Crippen LogP contribution in [0.3, 0.4) is 0 Å². The van der Waals surface area contributed by atoms with Crippen LogP contribution in [-0.2, 0) is 6.54 Å². The highest BCUT2D eigenvalue weighted by Gasteiger charge is 2.12. The van der Waals surface area contributed by atoms with Crippen molar-refractivity contribution in [3.63, 3.8) is 0 Å². The number of nitrogens with one attached hydrogen (secondary N) is 1. The maximum atomic E-state index is 14.0. The van der Waals surface area contributed by atoms with Crippen molar-refractivity contribution in [1.29, 1.82) is 0 Å². The average Bonchev–Trinajstić information content (AvgIpc) is 2.38. The van der Waals surface area contributed by atoms with Crippen LogP contribution in [0.2, 0.25) is 10.0 Å². The van der Waals surface area contributed by atoms with Crippen LogP contribution in [-0.4, -0.2) is 7.05 Å². The minimum Gasteiger partial charge on any atom is -0.316 e. The zero-order valence-electron chi connectivity index (χ0n) is 10.2. The molecule has 0 heterocycles. The Hall–Kier alpha value is -0.740. The fourth-order valence-corrected chi connectivity index (χ4v) is 3.14. The van der Waals surface area contributed by atoms with E-state index in [1.165, 1.54) is 17.8 Å². The van der Waals surface area contributed by atoms with Crippen molar-refractivity contribution in [2.45, 2.75) is 16.3 Å². The fourth-order valence-electron chi connectivity index (χ4n) is 1.66. The van der Waals surface area contributed by atoms with Crippen molar-refractivity contribution in [3.8, 4) is 0 Å². The molecule has 5 heteroatoms. The first-order chi connectivity index (χ1) is 9.11. The standard InChI is InChI=1S/C14H12Cl2FNS/c1-18-8-9-3-2-4-12(17)14(9)19-13-7-10(15)5-6-11(13)16/h2-7,18H,8H2,1H3. The minimum atomic E-state index is -0.256. The number of benzene rings is 2. The van der Waals surface area contributed by atoms with Crippen LogP contribution < -0.4 is 5.32 Å². The summed E-state index contributed by atoms with van der Waals surface area (Å²) in [5, 5.41) is 4.17. The molecule has 2 aromatic carbocycles. The van der Waals surface area contributed by atoms with Crippen LogP contribution in [0.15, 0.2) is 46.2 Å². The molecule has 0 amide bonds. The quantitative estimate of drug-likeness (QED) is 0.851. The van der Waals surface area contributed by atoms with Crippen LogP contribution in [0, 0.1) is 5.82 Å². The van der Waals surface area contributed by atoms with Crippen LogP contribution in [0.1, 0.15) is 5.56 Å².